The third kappa shape index (κ3) is 2.00. The molecular weight excluding hydrogens is 367 g/mol. The van der Waals surface area contributed by atoms with E-state index >= 15 is 0 Å². The van der Waals surface area contributed by atoms with Crippen LogP contribution in [-0.2, 0) is 0 Å². The van der Waals surface area contributed by atoms with Crippen LogP contribution >= 0.6 is 0 Å². The molecule has 0 spiro atoms. The first-order chi connectivity index (χ1) is 12.4. The van der Waals surface area contributed by atoms with E-state index in [1.54, 1.807) is 0 Å². The first kappa shape index (κ1) is 14.7. The van der Waals surface area contributed by atoms with Crippen LogP contribution in [0.3, 0.4) is 0 Å². The topological polar surface area (TPSA) is 0 Å². The van der Waals surface area contributed by atoms with Gasteiger partial charge in [-0.2, -0.15) is 0 Å². The van der Waals surface area contributed by atoms with E-state index in [0.29, 0.717) is 0 Å². The molecule has 1 heteroatoms. The maximum absolute atomic E-state index is 2.47. The fourth-order valence-electron chi connectivity index (χ4n) is 3.92. The molecule has 4 aromatic carbocycles. The predicted molar refractivity (Wildman–Crippen MR) is 109 cm³/mol. The molecule has 1 aliphatic heterocycles. The summed E-state index contributed by atoms with van der Waals surface area (Å²) in [5.74, 6) is 0. The van der Waals surface area contributed by atoms with Crippen LogP contribution in [0.25, 0.3) is 11.1 Å². The molecule has 0 bridgehead atoms. The van der Waals surface area contributed by atoms with Gasteiger partial charge in [-0.15, -0.1) is 0 Å². The van der Waals surface area contributed by atoms with E-state index in [-0.39, 0.29) is 0 Å². The maximum atomic E-state index is 2.36. The van der Waals surface area contributed by atoms with E-state index in [1.807, 2.05) is 0 Å². The molecule has 0 nitrogen and oxygen atoms in total. The van der Waals surface area contributed by atoms with Crippen LogP contribution in [0, 0.1) is 0 Å². The molecular formula is C24H18Se. The summed E-state index contributed by atoms with van der Waals surface area (Å²) in [6, 6.07) is 40.3. The van der Waals surface area contributed by atoms with E-state index in [1.165, 1.54) is 29.0 Å². The van der Waals surface area contributed by atoms with Crippen molar-refractivity contribution in [3.63, 3.8) is 0 Å². The van der Waals surface area contributed by atoms with Gasteiger partial charge >= 0.3 is 151 Å². The van der Waals surface area contributed by atoms with Crippen LogP contribution in [0.2, 0.25) is 0 Å². The quantitative estimate of drug-likeness (QED) is 0.410. The minimum absolute atomic E-state index is 1.41. The Morgan fingerprint density at radius 3 is 1.16 bits per heavy atom. The first-order valence-corrected chi connectivity index (χ1v) is 12.0. The number of hydrogen-bond acceptors (Lipinski definition) is 0. The van der Waals surface area contributed by atoms with Crippen LogP contribution in [0.1, 0.15) is 0 Å². The summed E-state index contributed by atoms with van der Waals surface area (Å²) in [5, 5.41) is 0. The van der Waals surface area contributed by atoms with Gasteiger partial charge in [0.1, 0.15) is 0 Å². The molecule has 0 amide bonds. The van der Waals surface area contributed by atoms with Crippen molar-refractivity contribution in [2.24, 2.45) is 0 Å². The third-order valence-corrected chi connectivity index (χ3v) is 13.3. The second kappa shape index (κ2) is 5.74. The van der Waals surface area contributed by atoms with Crippen molar-refractivity contribution in [1.82, 2.24) is 0 Å². The van der Waals surface area contributed by atoms with Gasteiger partial charge in [-0.25, -0.2) is 0 Å². The first-order valence-electron chi connectivity index (χ1n) is 8.54. The number of fused-ring (bicyclic) bond motifs is 3. The fraction of sp³-hybridized carbons (Fsp3) is 0. The molecule has 0 fully saturated rings. The minimum atomic E-state index is -2.47. The normalized spacial score (nSPS) is 15.2. The Bertz CT molecular complexity index is 949. The zero-order valence-corrected chi connectivity index (χ0v) is 15.5. The van der Waals surface area contributed by atoms with E-state index < -0.39 is 12.8 Å². The monoisotopic (exact) mass is 386 g/mol. The molecule has 0 saturated carbocycles. The summed E-state index contributed by atoms with van der Waals surface area (Å²) in [6.07, 6.45) is 0. The summed E-state index contributed by atoms with van der Waals surface area (Å²) in [4.78, 5) is 0. The average molecular weight is 385 g/mol. The fourth-order valence-corrected chi connectivity index (χ4v) is 12.8. The van der Waals surface area contributed by atoms with Crippen LogP contribution < -0.4 is 17.8 Å². The van der Waals surface area contributed by atoms with E-state index in [9.17, 15) is 0 Å². The summed E-state index contributed by atoms with van der Waals surface area (Å²) < 4.78 is 6.00. The second-order valence-electron chi connectivity index (χ2n) is 6.23. The van der Waals surface area contributed by atoms with E-state index in [4.69, 9.17) is 0 Å². The van der Waals surface area contributed by atoms with E-state index in [2.05, 4.69) is 109 Å². The molecule has 0 saturated heterocycles. The molecule has 0 aromatic heterocycles. The molecule has 1 heterocycles. The van der Waals surface area contributed by atoms with Gasteiger partial charge in [0.15, 0.2) is 0 Å². The Balaban J connectivity index is 1.98. The Morgan fingerprint density at radius 1 is 0.360 bits per heavy atom. The molecule has 25 heavy (non-hydrogen) atoms. The van der Waals surface area contributed by atoms with Crippen LogP contribution in [0.15, 0.2) is 109 Å². The van der Waals surface area contributed by atoms with Crippen LogP contribution in [0.4, 0.5) is 0 Å². The standard InChI is InChI=1S/C24H18Se/c1-3-11-19(12-4-1)25(20-13-5-2-6-14-20)23-17-9-7-15-21(23)22-16-8-10-18-24(22)25/h1-18H. The van der Waals surface area contributed by atoms with Crippen molar-refractivity contribution < 1.29 is 0 Å². The van der Waals surface area contributed by atoms with Crippen molar-refractivity contribution in [2.45, 2.75) is 0 Å². The molecule has 120 valence electrons. The van der Waals surface area contributed by atoms with Crippen molar-refractivity contribution in [3.8, 4) is 11.1 Å². The Morgan fingerprint density at radius 2 is 0.720 bits per heavy atom. The van der Waals surface area contributed by atoms with Crippen LogP contribution in [-0.4, -0.2) is 12.8 Å². The van der Waals surface area contributed by atoms with Gasteiger partial charge < -0.3 is 0 Å². The van der Waals surface area contributed by atoms with Crippen molar-refractivity contribution in [2.75, 3.05) is 0 Å². The van der Waals surface area contributed by atoms with Gasteiger partial charge in [-0.05, 0) is 0 Å². The number of benzene rings is 4. The zero-order chi connectivity index (χ0) is 16.7. The second-order valence-corrected chi connectivity index (χ2v) is 12.6. The van der Waals surface area contributed by atoms with Crippen molar-refractivity contribution in [3.05, 3.63) is 109 Å². The molecule has 0 aliphatic carbocycles. The van der Waals surface area contributed by atoms with Crippen molar-refractivity contribution >= 4 is 30.7 Å². The van der Waals surface area contributed by atoms with Gasteiger partial charge in [0.2, 0.25) is 0 Å². The summed E-state index contributed by atoms with van der Waals surface area (Å²) in [5.41, 5.74) is 2.82. The summed E-state index contributed by atoms with van der Waals surface area (Å²) >= 11 is -2.47. The SMILES string of the molecule is c1ccc([Se]2(c3ccccc3)c3ccccc3-c3ccccc32)cc1. The van der Waals surface area contributed by atoms with Gasteiger partial charge in [0.05, 0.1) is 0 Å². The van der Waals surface area contributed by atoms with Gasteiger partial charge in [-0.1, -0.05) is 0 Å². The van der Waals surface area contributed by atoms with Gasteiger partial charge in [-0.3, -0.25) is 0 Å². The predicted octanol–water partition coefficient (Wildman–Crippen LogP) is 3.04. The molecule has 0 radical (unpaired) electrons. The molecule has 5 rings (SSSR count). The summed E-state index contributed by atoms with van der Waals surface area (Å²) in [6.45, 7) is 0. The molecule has 0 N–H and O–H groups in total. The molecule has 1 aliphatic rings. The number of hydrogen-bond donors (Lipinski definition) is 0. The Kier molecular flexibility index (Phi) is 3.38. The van der Waals surface area contributed by atoms with Gasteiger partial charge in [0.25, 0.3) is 0 Å². The van der Waals surface area contributed by atoms with Gasteiger partial charge in [0, 0.05) is 0 Å². The molecule has 0 atom stereocenters. The zero-order valence-electron chi connectivity index (χ0n) is 13.8. The Labute approximate surface area is 151 Å². The Hall–Kier alpha value is -2.60. The van der Waals surface area contributed by atoms with E-state index in [0.717, 1.165) is 0 Å². The average Bonchev–Trinajstić information content (AvgIpc) is 3.01. The molecule has 4 aromatic rings. The molecule has 0 unspecified atom stereocenters. The van der Waals surface area contributed by atoms with Crippen molar-refractivity contribution in [1.29, 1.82) is 0 Å². The number of rotatable bonds is 2. The third-order valence-electron chi connectivity index (χ3n) is 4.92. The van der Waals surface area contributed by atoms with Crippen LogP contribution in [0.5, 0.6) is 0 Å². The summed E-state index contributed by atoms with van der Waals surface area (Å²) in [7, 11) is 0.